The van der Waals surface area contributed by atoms with E-state index in [0.717, 1.165) is 13.1 Å². The molecule has 0 aromatic rings. The van der Waals surface area contributed by atoms with Gasteiger partial charge in [-0.2, -0.15) is 0 Å². The first-order valence-corrected chi connectivity index (χ1v) is 6.28. The van der Waals surface area contributed by atoms with E-state index in [4.69, 9.17) is 0 Å². The molecule has 0 aromatic heterocycles. The van der Waals surface area contributed by atoms with E-state index < -0.39 is 0 Å². The Bertz CT molecular complexity index is 279. The minimum Gasteiger partial charge on any atom is -0.355 e. The van der Waals surface area contributed by atoms with Crippen molar-refractivity contribution >= 4 is 11.8 Å². The Morgan fingerprint density at radius 3 is 2.59 bits per heavy atom. The third kappa shape index (κ3) is 4.73. The monoisotopic (exact) mass is 241 g/mol. The maximum Gasteiger partial charge on any atom is 0.224 e. The lowest BCUT2D eigenvalue weighted by Crippen LogP contribution is -2.38. The standard InChI is InChI=1S/C12H23N3O2/c1-8(2)15-11(16)4-5-14-12(17)10-7-13-6-9(10)3/h8-10,13H,4-7H2,1-3H3,(H,14,17)(H,15,16)/t9-,10-/m1/s1. The van der Waals surface area contributed by atoms with Crippen molar-refractivity contribution in [2.45, 2.75) is 33.2 Å². The molecule has 0 bridgehead atoms. The summed E-state index contributed by atoms with van der Waals surface area (Å²) in [7, 11) is 0. The fourth-order valence-electron chi connectivity index (χ4n) is 1.99. The van der Waals surface area contributed by atoms with Crippen molar-refractivity contribution < 1.29 is 9.59 Å². The van der Waals surface area contributed by atoms with Gasteiger partial charge in [0.2, 0.25) is 11.8 Å². The zero-order valence-electron chi connectivity index (χ0n) is 10.9. The fourth-order valence-corrected chi connectivity index (χ4v) is 1.99. The highest BCUT2D eigenvalue weighted by atomic mass is 16.2. The van der Waals surface area contributed by atoms with Crippen LogP contribution in [0.15, 0.2) is 0 Å². The molecule has 2 atom stereocenters. The van der Waals surface area contributed by atoms with E-state index in [1.807, 2.05) is 13.8 Å². The van der Waals surface area contributed by atoms with Crippen LogP contribution in [-0.2, 0) is 9.59 Å². The summed E-state index contributed by atoms with van der Waals surface area (Å²) in [4.78, 5) is 23.1. The molecular weight excluding hydrogens is 218 g/mol. The third-order valence-corrected chi connectivity index (χ3v) is 2.96. The maximum atomic E-state index is 11.8. The summed E-state index contributed by atoms with van der Waals surface area (Å²) in [6.45, 7) is 7.96. The summed E-state index contributed by atoms with van der Waals surface area (Å²) in [6, 6.07) is 0.150. The van der Waals surface area contributed by atoms with Crippen LogP contribution < -0.4 is 16.0 Å². The van der Waals surface area contributed by atoms with Gasteiger partial charge in [-0.3, -0.25) is 9.59 Å². The van der Waals surface area contributed by atoms with E-state index in [0.29, 0.717) is 18.9 Å². The van der Waals surface area contributed by atoms with Crippen molar-refractivity contribution in [1.29, 1.82) is 0 Å². The van der Waals surface area contributed by atoms with Crippen LogP contribution in [0.5, 0.6) is 0 Å². The van der Waals surface area contributed by atoms with E-state index in [2.05, 4.69) is 22.9 Å². The first-order valence-electron chi connectivity index (χ1n) is 6.28. The molecule has 1 rings (SSSR count). The predicted molar refractivity (Wildman–Crippen MR) is 66.4 cm³/mol. The van der Waals surface area contributed by atoms with Gasteiger partial charge in [-0.1, -0.05) is 6.92 Å². The van der Waals surface area contributed by atoms with Crippen LogP contribution in [0.1, 0.15) is 27.2 Å². The van der Waals surface area contributed by atoms with E-state index in [1.54, 1.807) is 0 Å². The molecule has 1 heterocycles. The number of carbonyl (C=O) groups is 2. The highest BCUT2D eigenvalue weighted by molar-refractivity contribution is 5.81. The third-order valence-electron chi connectivity index (χ3n) is 2.96. The van der Waals surface area contributed by atoms with Crippen LogP contribution in [0.3, 0.4) is 0 Å². The van der Waals surface area contributed by atoms with E-state index in [9.17, 15) is 9.59 Å². The lowest BCUT2D eigenvalue weighted by atomic mass is 9.97. The maximum absolute atomic E-state index is 11.8. The second kappa shape index (κ2) is 6.59. The highest BCUT2D eigenvalue weighted by Crippen LogP contribution is 2.15. The molecular formula is C12H23N3O2. The lowest BCUT2D eigenvalue weighted by molar-refractivity contribution is -0.125. The van der Waals surface area contributed by atoms with Crippen molar-refractivity contribution in [3.8, 4) is 0 Å². The number of nitrogens with one attached hydrogen (secondary N) is 3. The summed E-state index contributed by atoms with van der Waals surface area (Å²) in [5, 5.41) is 8.80. The Labute approximate surface area is 103 Å². The quantitative estimate of drug-likeness (QED) is 0.628. The summed E-state index contributed by atoms with van der Waals surface area (Å²) < 4.78 is 0. The fraction of sp³-hybridized carbons (Fsp3) is 0.833. The summed E-state index contributed by atoms with van der Waals surface area (Å²) >= 11 is 0. The number of hydrogen-bond acceptors (Lipinski definition) is 3. The van der Waals surface area contributed by atoms with Gasteiger partial charge in [0, 0.05) is 25.6 Å². The second-order valence-electron chi connectivity index (χ2n) is 5.01. The number of carbonyl (C=O) groups excluding carboxylic acids is 2. The largest absolute Gasteiger partial charge is 0.355 e. The number of amides is 2. The van der Waals surface area contributed by atoms with E-state index in [-0.39, 0.29) is 23.8 Å². The molecule has 1 aliphatic heterocycles. The van der Waals surface area contributed by atoms with Crippen molar-refractivity contribution in [3.63, 3.8) is 0 Å². The van der Waals surface area contributed by atoms with Gasteiger partial charge in [0.05, 0.1) is 5.92 Å². The summed E-state index contributed by atoms with van der Waals surface area (Å²) in [6.07, 6.45) is 0.346. The first kappa shape index (κ1) is 14.0. The van der Waals surface area contributed by atoms with Crippen LogP contribution in [0.4, 0.5) is 0 Å². The molecule has 98 valence electrons. The molecule has 1 saturated heterocycles. The van der Waals surface area contributed by atoms with Gasteiger partial charge < -0.3 is 16.0 Å². The van der Waals surface area contributed by atoms with Crippen LogP contribution in [0.2, 0.25) is 0 Å². The normalized spacial score (nSPS) is 23.8. The van der Waals surface area contributed by atoms with Crippen molar-refractivity contribution in [2.24, 2.45) is 11.8 Å². The molecule has 5 nitrogen and oxygen atoms in total. The van der Waals surface area contributed by atoms with Crippen molar-refractivity contribution in [3.05, 3.63) is 0 Å². The number of hydrogen-bond donors (Lipinski definition) is 3. The molecule has 0 spiro atoms. The SMILES string of the molecule is CC(C)NC(=O)CCNC(=O)[C@@H]1CNC[C@H]1C. The van der Waals surface area contributed by atoms with Gasteiger partial charge in [-0.15, -0.1) is 0 Å². The van der Waals surface area contributed by atoms with Gasteiger partial charge in [0.25, 0.3) is 0 Å². The molecule has 3 N–H and O–H groups in total. The van der Waals surface area contributed by atoms with Gasteiger partial charge >= 0.3 is 0 Å². The van der Waals surface area contributed by atoms with E-state index in [1.165, 1.54) is 0 Å². The Kier molecular flexibility index (Phi) is 5.41. The summed E-state index contributed by atoms with van der Waals surface area (Å²) in [5.74, 6) is 0.459. The molecule has 17 heavy (non-hydrogen) atoms. The molecule has 5 heteroatoms. The number of rotatable bonds is 5. The smallest absolute Gasteiger partial charge is 0.224 e. The Morgan fingerprint density at radius 1 is 1.35 bits per heavy atom. The van der Waals surface area contributed by atoms with Gasteiger partial charge in [0.1, 0.15) is 0 Å². The molecule has 0 aliphatic carbocycles. The zero-order chi connectivity index (χ0) is 12.8. The molecule has 0 aromatic carbocycles. The Morgan fingerprint density at radius 2 is 2.06 bits per heavy atom. The Hall–Kier alpha value is -1.10. The molecule has 1 aliphatic rings. The highest BCUT2D eigenvalue weighted by Gasteiger charge is 2.29. The van der Waals surface area contributed by atoms with Crippen molar-refractivity contribution in [2.75, 3.05) is 19.6 Å². The summed E-state index contributed by atoms with van der Waals surface area (Å²) in [5.41, 5.74) is 0. The Balaban J connectivity index is 2.18. The van der Waals surface area contributed by atoms with Gasteiger partial charge in [-0.25, -0.2) is 0 Å². The molecule has 1 fully saturated rings. The van der Waals surface area contributed by atoms with Gasteiger partial charge in [0.15, 0.2) is 0 Å². The van der Waals surface area contributed by atoms with Crippen LogP contribution in [0.25, 0.3) is 0 Å². The molecule has 0 saturated carbocycles. The van der Waals surface area contributed by atoms with E-state index >= 15 is 0 Å². The molecule has 2 amide bonds. The zero-order valence-corrected chi connectivity index (χ0v) is 10.9. The average Bonchev–Trinajstić information content (AvgIpc) is 2.63. The first-order chi connectivity index (χ1) is 8.00. The lowest BCUT2D eigenvalue weighted by Gasteiger charge is -2.14. The van der Waals surface area contributed by atoms with Crippen LogP contribution in [-0.4, -0.2) is 37.5 Å². The second-order valence-corrected chi connectivity index (χ2v) is 5.01. The molecule has 0 radical (unpaired) electrons. The van der Waals surface area contributed by atoms with Crippen LogP contribution in [0, 0.1) is 11.8 Å². The minimum absolute atomic E-state index is 0.0158. The van der Waals surface area contributed by atoms with Gasteiger partial charge in [-0.05, 0) is 26.3 Å². The van der Waals surface area contributed by atoms with Crippen molar-refractivity contribution in [1.82, 2.24) is 16.0 Å². The molecule has 0 unspecified atom stereocenters. The topological polar surface area (TPSA) is 70.2 Å². The minimum atomic E-state index is -0.0158. The average molecular weight is 241 g/mol. The van der Waals surface area contributed by atoms with Crippen LogP contribution >= 0.6 is 0 Å². The predicted octanol–water partition coefficient (Wildman–Crippen LogP) is -0.127.